The molecule has 14 heteroatoms. The third-order valence-corrected chi connectivity index (χ3v) is 4.68. The van der Waals surface area contributed by atoms with Crippen molar-refractivity contribution in [3.8, 4) is 11.4 Å². The second kappa shape index (κ2) is 13.8. The molecule has 0 bridgehead atoms. The quantitative estimate of drug-likeness (QED) is 0.166. The first-order chi connectivity index (χ1) is 17.9. The molecule has 2 rings (SSSR count). The number of hydrogen-bond donors (Lipinski definition) is 0. The van der Waals surface area contributed by atoms with Crippen molar-refractivity contribution in [2.75, 3.05) is 6.61 Å². The van der Waals surface area contributed by atoms with Crippen LogP contribution in [0.2, 0.25) is 0 Å². The van der Waals surface area contributed by atoms with Crippen molar-refractivity contribution in [3.05, 3.63) is 36.2 Å². The highest BCUT2D eigenvalue weighted by Gasteiger charge is 2.46. The van der Waals surface area contributed by atoms with E-state index in [1.165, 1.54) is 0 Å². The van der Waals surface area contributed by atoms with Gasteiger partial charge in [0.25, 0.3) is 0 Å². The van der Waals surface area contributed by atoms with Crippen LogP contribution < -0.4 is 0 Å². The molecule has 0 saturated heterocycles. The third-order valence-electron chi connectivity index (χ3n) is 4.68. The fourth-order valence-electron chi connectivity index (χ4n) is 3.32. The second-order valence-electron chi connectivity index (χ2n) is 7.95. The lowest BCUT2D eigenvalue weighted by Gasteiger charge is -2.34. The van der Waals surface area contributed by atoms with Crippen molar-refractivity contribution in [1.29, 1.82) is 0 Å². The van der Waals surface area contributed by atoms with Gasteiger partial charge < -0.3 is 18.9 Å². The van der Waals surface area contributed by atoms with Crippen LogP contribution in [0.5, 0.6) is 0 Å². The van der Waals surface area contributed by atoms with Crippen molar-refractivity contribution >= 4 is 29.8 Å². The largest absolute Gasteiger partial charge is 0.462 e. The van der Waals surface area contributed by atoms with E-state index >= 15 is 0 Å². The zero-order valence-electron chi connectivity index (χ0n) is 21.7. The van der Waals surface area contributed by atoms with Crippen molar-refractivity contribution in [1.82, 2.24) is 14.8 Å². The number of benzene rings is 1. The molecule has 0 aliphatic rings. The molecule has 1 heterocycles. The van der Waals surface area contributed by atoms with E-state index in [-0.39, 0.29) is 11.6 Å². The molecule has 1 aromatic heterocycles. The Morgan fingerprint density at radius 1 is 0.789 bits per heavy atom. The van der Waals surface area contributed by atoms with Gasteiger partial charge in [-0.3, -0.25) is 24.1 Å². The lowest BCUT2D eigenvalue weighted by Crippen LogP contribution is -2.51. The number of esters is 4. The van der Waals surface area contributed by atoms with Crippen LogP contribution >= 0.6 is 0 Å². The van der Waals surface area contributed by atoms with Gasteiger partial charge in [0.15, 0.2) is 18.0 Å². The Hall–Kier alpha value is -4.33. The van der Waals surface area contributed by atoms with Gasteiger partial charge in [0, 0.05) is 40.2 Å². The Bertz CT molecular complexity index is 1150. The molecule has 0 aliphatic heterocycles. The average Bonchev–Trinajstić information content (AvgIpc) is 3.21. The minimum absolute atomic E-state index is 0.233. The summed E-state index contributed by atoms with van der Waals surface area (Å²) in [5, 5.41) is 4.41. The fourth-order valence-corrected chi connectivity index (χ4v) is 3.32. The smallest absolute Gasteiger partial charge is 0.339 e. The maximum absolute atomic E-state index is 12.2. The lowest BCUT2D eigenvalue weighted by atomic mass is 10.1. The maximum atomic E-state index is 12.2. The lowest BCUT2D eigenvalue weighted by molar-refractivity contribution is -0.340. The van der Waals surface area contributed by atoms with Crippen molar-refractivity contribution in [2.45, 2.75) is 66.1 Å². The summed E-state index contributed by atoms with van der Waals surface area (Å²) in [4.78, 5) is 73.7. The van der Waals surface area contributed by atoms with E-state index in [0.717, 1.165) is 39.3 Å². The van der Waals surface area contributed by atoms with E-state index in [1.54, 1.807) is 37.3 Å². The van der Waals surface area contributed by atoms with Gasteiger partial charge in [-0.1, -0.05) is 30.3 Å². The molecular weight excluding hydrogens is 506 g/mol. The number of aryl methyl sites for hydroxylation is 1. The number of carbonyl (C=O) groups is 5. The van der Waals surface area contributed by atoms with Crippen molar-refractivity contribution in [3.63, 3.8) is 0 Å². The molecule has 0 fully saturated rings. The van der Waals surface area contributed by atoms with Crippen LogP contribution in [-0.4, -0.2) is 69.5 Å². The Kier molecular flexibility index (Phi) is 10.9. The van der Waals surface area contributed by atoms with E-state index in [0.29, 0.717) is 5.56 Å². The molecule has 38 heavy (non-hydrogen) atoms. The van der Waals surface area contributed by atoms with Crippen LogP contribution in [-0.2, 0) is 52.7 Å². The van der Waals surface area contributed by atoms with Gasteiger partial charge >= 0.3 is 29.8 Å². The monoisotopic (exact) mass is 535 g/mol. The molecular formula is C24H29N3O11. The summed E-state index contributed by atoms with van der Waals surface area (Å²) in [6.45, 7) is 6.36. The topological polar surface area (TPSA) is 171 Å². The highest BCUT2D eigenvalue weighted by molar-refractivity contribution is 5.68. The molecule has 2 aromatic rings. The summed E-state index contributed by atoms with van der Waals surface area (Å²) in [6.07, 6.45) is -6.37. The number of carbonyl (C=O) groups excluding carboxylic acids is 5. The summed E-state index contributed by atoms with van der Waals surface area (Å²) in [6, 6.07) is 8.86. The van der Waals surface area contributed by atoms with E-state index in [2.05, 4.69) is 10.1 Å². The summed E-state index contributed by atoms with van der Waals surface area (Å²) in [7, 11) is 0. The molecule has 0 N–H and O–H groups in total. The summed E-state index contributed by atoms with van der Waals surface area (Å²) in [5.41, 5.74) is 0.637. The Morgan fingerprint density at radius 2 is 1.39 bits per heavy atom. The number of aromatic nitrogens is 3. The standard InChI is InChI=1S/C24H29N3O11/c1-13-25-23(19-10-8-7-9-11-19)26-27(13)24(36-17(5)31)22(38-37-18(6)32)21(35-16(4)30)20(34-15(3)29)12-33-14(2)28/h7-11,20-22,24H,12H2,1-6H3/t20-,21-,22+,24+/m1/s1. The predicted molar refractivity (Wildman–Crippen MR) is 125 cm³/mol. The molecule has 1 aromatic carbocycles. The summed E-state index contributed by atoms with van der Waals surface area (Å²) < 4.78 is 22.2. The molecule has 0 saturated carbocycles. The molecule has 0 spiro atoms. The molecule has 14 nitrogen and oxygen atoms in total. The van der Waals surface area contributed by atoms with Crippen LogP contribution in [0.3, 0.4) is 0 Å². The SMILES string of the molecule is CC(=O)OC[C@@H](OC(C)=O)[C@@H](OC(C)=O)[C@H](OOC(C)=O)[C@H](OC(C)=O)n1nc(-c2ccccc2)nc1C. The van der Waals surface area contributed by atoms with Crippen molar-refractivity contribution in [2.24, 2.45) is 0 Å². The fraction of sp³-hybridized carbons (Fsp3) is 0.458. The summed E-state index contributed by atoms with van der Waals surface area (Å²) in [5.74, 6) is -3.64. The van der Waals surface area contributed by atoms with Gasteiger partial charge in [0.05, 0.1) is 0 Å². The van der Waals surface area contributed by atoms with Crippen molar-refractivity contribution < 1.29 is 52.7 Å². The summed E-state index contributed by atoms with van der Waals surface area (Å²) >= 11 is 0. The van der Waals surface area contributed by atoms with E-state index in [1.807, 2.05) is 0 Å². The van der Waals surface area contributed by atoms with E-state index in [4.69, 9.17) is 28.7 Å². The highest BCUT2D eigenvalue weighted by atomic mass is 17.2. The second-order valence-corrected chi connectivity index (χ2v) is 7.95. The first-order valence-electron chi connectivity index (χ1n) is 11.4. The molecule has 0 aliphatic carbocycles. The van der Waals surface area contributed by atoms with Crippen LogP contribution in [0.4, 0.5) is 0 Å². The van der Waals surface area contributed by atoms with Gasteiger partial charge in [-0.15, -0.1) is 5.10 Å². The number of rotatable bonds is 12. The highest BCUT2D eigenvalue weighted by Crippen LogP contribution is 2.28. The maximum Gasteiger partial charge on any atom is 0.339 e. The Morgan fingerprint density at radius 3 is 1.92 bits per heavy atom. The normalized spacial score (nSPS) is 13.8. The predicted octanol–water partition coefficient (Wildman–Crippen LogP) is 1.61. The molecule has 4 atom stereocenters. The van der Waals surface area contributed by atoms with Crippen LogP contribution in [0.15, 0.2) is 30.3 Å². The Labute approximate surface area is 218 Å². The minimum Gasteiger partial charge on any atom is -0.462 e. The molecule has 206 valence electrons. The zero-order chi connectivity index (χ0) is 28.4. The molecule has 0 amide bonds. The molecule has 0 unspecified atom stereocenters. The zero-order valence-corrected chi connectivity index (χ0v) is 21.7. The van der Waals surface area contributed by atoms with Crippen LogP contribution in [0.25, 0.3) is 11.4 Å². The number of ether oxygens (including phenoxy) is 4. The van der Waals surface area contributed by atoms with Crippen LogP contribution in [0, 0.1) is 6.92 Å². The first kappa shape index (κ1) is 29.9. The minimum atomic E-state index is -1.68. The average molecular weight is 536 g/mol. The van der Waals surface area contributed by atoms with Gasteiger partial charge in [0.2, 0.25) is 12.3 Å². The first-order valence-corrected chi connectivity index (χ1v) is 11.4. The van der Waals surface area contributed by atoms with Gasteiger partial charge in [-0.2, -0.15) is 4.89 Å². The number of nitrogens with zero attached hydrogens (tertiary/aromatic N) is 3. The van der Waals surface area contributed by atoms with Gasteiger partial charge in [-0.25, -0.2) is 14.5 Å². The molecule has 0 radical (unpaired) electrons. The Balaban J connectivity index is 2.67. The number of hydrogen-bond acceptors (Lipinski definition) is 13. The third kappa shape index (κ3) is 8.96. The van der Waals surface area contributed by atoms with Crippen LogP contribution in [0.1, 0.15) is 46.7 Å². The van der Waals surface area contributed by atoms with E-state index in [9.17, 15) is 24.0 Å². The van der Waals surface area contributed by atoms with Gasteiger partial charge in [0.1, 0.15) is 12.4 Å². The van der Waals surface area contributed by atoms with Gasteiger partial charge in [-0.05, 0) is 6.92 Å². The van der Waals surface area contributed by atoms with E-state index < -0.39 is 61.0 Å².